The molecule has 6 nitrogen and oxygen atoms in total. The Morgan fingerprint density at radius 1 is 1.08 bits per heavy atom. The summed E-state index contributed by atoms with van der Waals surface area (Å²) in [5, 5.41) is 7.33. The number of aromatic nitrogens is 4. The molecule has 7 heteroatoms. The second-order valence-electron chi connectivity index (χ2n) is 8.21. The molecule has 1 aromatic carbocycles. The van der Waals surface area contributed by atoms with E-state index in [9.17, 15) is 4.39 Å². The lowest BCUT2D eigenvalue weighted by Crippen LogP contribution is -2.13. The Morgan fingerprint density at radius 3 is 2.44 bits per heavy atom. The van der Waals surface area contributed by atoms with E-state index >= 15 is 0 Å². The first-order valence-electron chi connectivity index (χ1n) is 12.5. The maximum Gasteiger partial charge on any atom is 0.126 e. The summed E-state index contributed by atoms with van der Waals surface area (Å²) in [6.07, 6.45) is 6.58. The Labute approximate surface area is 217 Å². The van der Waals surface area contributed by atoms with E-state index in [-0.39, 0.29) is 8.67 Å². The average molecular weight is 495 g/mol. The van der Waals surface area contributed by atoms with Gasteiger partial charge in [-0.1, -0.05) is 33.8 Å². The van der Waals surface area contributed by atoms with Crippen LogP contribution in [0.1, 0.15) is 54.0 Å². The number of hydrogen-bond acceptors (Lipinski definition) is 5. The first-order chi connectivity index (χ1) is 17.4. The van der Waals surface area contributed by atoms with Crippen LogP contribution in [0, 0.1) is 12.7 Å². The maximum absolute atomic E-state index is 13.4. The largest absolute Gasteiger partial charge is 0.369 e. The van der Waals surface area contributed by atoms with E-state index in [1.807, 2.05) is 57.4 Å². The van der Waals surface area contributed by atoms with Crippen LogP contribution in [0.25, 0.3) is 22.5 Å². The number of nitrogens with two attached hydrogens (primary N) is 1. The van der Waals surface area contributed by atoms with Gasteiger partial charge in [0.15, 0.2) is 0 Å². The molecular weight excluding hydrogens is 451 g/mol. The fraction of sp³-hybridized carbons (Fsp3) is 0.345. The van der Waals surface area contributed by atoms with Crippen molar-refractivity contribution in [1.29, 1.82) is 0 Å². The number of anilines is 1. The van der Waals surface area contributed by atoms with Crippen molar-refractivity contribution in [3.63, 3.8) is 0 Å². The Balaban J connectivity index is 0.000000678. The van der Waals surface area contributed by atoms with Crippen LogP contribution in [0.4, 0.5) is 10.2 Å². The average Bonchev–Trinajstić information content (AvgIpc) is 3.36. The van der Waals surface area contributed by atoms with Crippen LogP contribution < -0.4 is 11.1 Å². The molecular formula is C29H43FN6. The number of hydrogen-bond donors (Lipinski definition) is 2. The van der Waals surface area contributed by atoms with Gasteiger partial charge in [0.05, 0.1) is 11.4 Å². The van der Waals surface area contributed by atoms with Crippen molar-refractivity contribution in [3.8, 4) is 22.5 Å². The van der Waals surface area contributed by atoms with Crippen LogP contribution in [0.15, 0.2) is 67.1 Å². The van der Waals surface area contributed by atoms with Crippen LogP contribution in [0.5, 0.6) is 0 Å². The molecule has 3 N–H and O–H groups in total. The lowest BCUT2D eigenvalue weighted by Gasteiger charge is -2.10. The van der Waals surface area contributed by atoms with Gasteiger partial charge in [-0.2, -0.15) is 5.10 Å². The highest BCUT2D eigenvalue weighted by atomic mass is 19.1. The minimum Gasteiger partial charge on any atom is -0.369 e. The van der Waals surface area contributed by atoms with E-state index in [4.69, 9.17) is 5.73 Å². The van der Waals surface area contributed by atoms with Crippen molar-refractivity contribution in [3.05, 3.63) is 84.1 Å². The molecule has 0 aliphatic heterocycles. The topological polar surface area (TPSA) is 81.7 Å². The molecule has 1 atom stereocenters. The molecule has 4 aromatic rings. The zero-order valence-corrected chi connectivity index (χ0v) is 22.3. The number of rotatable bonds is 7. The van der Waals surface area contributed by atoms with Crippen LogP contribution >= 0.6 is 0 Å². The number of pyridine rings is 2. The fourth-order valence-electron chi connectivity index (χ4n) is 3.51. The monoisotopic (exact) mass is 494 g/mol. The Kier molecular flexibility index (Phi) is 11.7. The van der Waals surface area contributed by atoms with Gasteiger partial charge in [-0.3, -0.25) is 9.67 Å². The van der Waals surface area contributed by atoms with Gasteiger partial charge in [0, 0.05) is 52.7 Å². The summed E-state index contributed by atoms with van der Waals surface area (Å²) in [5.41, 5.74) is 11.0. The van der Waals surface area contributed by atoms with Crippen molar-refractivity contribution in [1.82, 2.24) is 19.7 Å². The summed E-state index contributed by atoms with van der Waals surface area (Å²) in [6.45, 7) is 11.6. The summed E-state index contributed by atoms with van der Waals surface area (Å²) in [7, 11) is 1.89. The van der Waals surface area contributed by atoms with Gasteiger partial charge in [0.1, 0.15) is 11.6 Å². The smallest absolute Gasteiger partial charge is 0.126 e. The van der Waals surface area contributed by atoms with Gasteiger partial charge in [0.2, 0.25) is 0 Å². The van der Waals surface area contributed by atoms with Gasteiger partial charge < -0.3 is 11.1 Å². The standard InChI is InChI=1S/C16H14FN3.C11H19N3.C2H6.2H2/c1-11-10-12(5-6-14(11)17)16-13(4-3-8-18-16)15-7-9-19-20(15)2;1-3-9(2)10-4-5-11(14-8-10)13-7-6-12;1-2;;/h3-10H,1-2H3;4-5,8-9H,3,6-7,12H2,1-2H3,(H,13,14);1-2H3;2*1H. The second-order valence-corrected chi connectivity index (χ2v) is 8.21. The molecule has 0 amide bonds. The lowest BCUT2D eigenvalue weighted by molar-refractivity contribution is 0.619. The first-order valence-corrected chi connectivity index (χ1v) is 12.5. The maximum atomic E-state index is 13.4. The van der Waals surface area contributed by atoms with Gasteiger partial charge in [-0.15, -0.1) is 0 Å². The van der Waals surface area contributed by atoms with Crippen LogP contribution in [-0.4, -0.2) is 32.8 Å². The van der Waals surface area contributed by atoms with Crippen LogP contribution in [-0.2, 0) is 7.05 Å². The third-order valence-electron chi connectivity index (χ3n) is 5.75. The Hall–Kier alpha value is -3.58. The molecule has 0 saturated heterocycles. The highest BCUT2D eigenvalue weighted by Crippen LogP contribution is 2.30. The van der Waals surface area contributed by atoms with Crippen molar-refractivity contribution in [2.75, 3.05) is 18.4 Å². The van der Waals surface area contributed by atoms with Gasteiger partial charge in [-0.25, -0.2) is 9.37 Å². The van der Waals surface area contributed by atoms with E-state index < -0.39 is 0 Å². The number of aryl methyl sites for hydroxylation is 2. The van der Waals surface area contributed by atoms with Crippen molar-refractivity contribution in [2.24, 2.45) is 12.8 Å². The summed E-state index contributed by atoms with van der Waals surface area (Å²) < 4.78 is 15.2. The molecule has 0 fully saturated rings. The van der Waals surface area contributed by atoms with Crippen molar-refractivity contribution < 1.29 is 7.24 Å². The SMILES string of the molecule is CC.CCC(C)c1ccc(NCCN)nc1.Cc1cc(-c2ncccc2-c2ccnn2C)ccc1F.[HH].[HH]. The van der Waals surface area contributed by atoms with Crippen LogP contribution in [0.2, 0.25) is 0 Å². The third kappa shape index (κ3) is 7.71. The van der Waals surface area contributed by atoms with E-state index in [0.29, 0.717) is 18.0 Å². The first kappa shape index (κ1) is 28.7. The highest BCUT2D eigenvalue weighted by molar-refractivity contribution is 5.79. The van der Waals surface area contributed by atoms with E-state index in [2.05, 4.69) is 40.3 Å². The lowest BCUT2D eigenvalue weighted by atomic mass is 10.0. The molecule has 0 bridgehead atoms. The number of nitrogens with one attached hydrogen (secondary N) is 1. The van der Waals surface area contributed by atoms with Gasteiger partial charge in [0.25, 0.3) is 0 Å². The number of halogens is 1. The Morgan fingerprint density at radius 2 is 1.86 bits per heavy atom. The predicted molar refractivity (Wildman–Crippen MR) is 153 cm³/mol. The summed E-state index contributed by atoms with van der Waals surface area (Å²) >= 11 is 0. The summed E-state index contributed by atoms with van der Waals surface area (Å²) in [5.74, 6) is 1.29. The molecule has 0 saturated carbocycles. The highest BCUT2D eigenvalue weighted by Gasteiger charge is 2.12. The normalized spacial score (nSPS) is 11.0. The van der Waals surface area contributed by atoms with Gasteiger partial charge >= 0.3 is 0 Å². The minimum atomic E-state index is -0.202. The molecule has 0 aliphatic rings. The summed E-state index contributed by atoms with van der Waals surface area (Å²) in [4.78, 5) is 8.77. The molecule has 36 heavy (non-hydrogen) atoms. The van der Waals surface area contributed by atoms with Crippen molar-refractivity contribution >= 4 is 5.82 Å². The second kappa shape index (κ2) is 14.7. The molecule has 0 aliphatic carbocycles. The third-order valence-corrected chi connectivity index (χ3v) is 5.75. The predicted octanol–water partition coefficient (Wildman–Crippen LogP) is 7.08. The van der Waals surface area contributed by atoms with E-state index in [0.717, 1.165) is 41.3 Å². The Bertz CT molecular complexity index is 1200. The molecule has 196 valence electrons. The number of nitrogens with zero attached hydrogens (tertiary/aromatic N) is 4. The zero-order valence-electron chi connectivity index (χ0n) is 22.3. The molecule has 1 unspecified atom stereocenters. The molecule has 3 heterocycles. The summed E-state index contributed by atoms with van der Waals surface area (Å²) in [6, 6.07) is 15.0. The minimum absolute atomic E-state index is 0. The quantitative estimate of drug-likeness (QED) is 0.287. The fourth-order valence-corrected chi connectivity index (χ4v) is 3.51. The van der Waals surface area contributed by atoms with Gasteiger partial charge in [-0.05, 0) is 72.9 Å². The molecule has 3 aromatic heterocycles. The van der Waals surface area contributed by atoms with E-state index in [1.165, 1.54) is 11.6 Å². The van der Waals surface area contributed by atoms with Crippen molar-refractivity contribution in [2.45, 2.75) is 47.0 Å². The zero-order chi connectivity index (χ0) is 26.5. The van der Waals surface area contributed by atoms with E-state index in [1.54, 1.807) is 30.1 Å². The molecule has 4 rings (SSSR count). The number of benzene rings is 1. The molecule has 0 spiro atoms. The molecule has 0 radical (unpaired) electrons. The van der Waals surface area contributed by atoms with Crippen LogP contribution in [0.3, 0.4) is 0 Å².